The molecule has 3 heterocycles. The molecule has 0 bridgehead atoms. The third-order valence-electron chi connectivity index (χ3n) is 8.66. The molecule has 1 aromatic carbocycles. The Kier molecular flexibility index (Phi) is 10.7. The highest BCUT2D eigenvalue weighted by atomic mass is 28.5. The summed E-state index contributed by atoms with van der Waals surface area (Å²) in [6.45, 7) is 16.7. The number of H-pyrrole nitrogens is 1. The number of hydrogen-bond acceptors (Lipinski definition) is 9. The predicted octanol–water partition coefficient (Wildman–Crippen LogP) is 4.94. The van der Waals surface area contributed by atoms with Crippen LogP contribution in [-0.4, -0.2) is 63.5 Å². The van der Waals surface area contributed by atoms with Crippen molar-refractivity contribution in [1.82, 2.24) is 9.55 Å². The maximum absolute atomic E-state index is 14.4. The molecule has 2 saturated heterocycles. The van der Waals surface area contributed by atoms with Crippen LogP contribution in [0.25, 0.3) is 0 Å². The van der Waals surface area contributed by atoms with Crippen molar-refractivity contribution in [3.05, 3.63) is 69.0 Å². The summed E-state index contributed by atoms with van der Waals surface area (Å²) in [7, 11) is -6.43. The minimum Gasteiger partial charge on any atom is -0.414 e. The van der Waals surface area contributed by atoms with E-state index in [4.69, 9.17) is 22.4 Å². The lowest BCUT2D eigenvalue weighted by Crippen LogP contribution is -2.68. The third kappa shape index (κ3) is 6.35. The minimum absolute atomic E-state index is 0.0212. The van der Waals surface area contributed by atoms with E-state index in [2.05, 4.69) is 66.4 Å². The van der Waals surface area contributed by atoms with E-state index in [1.165, 1.54) is 16.8 Å². The zero-order chi connectivity index (χ0) is 32.4. The molecule has 11 nitrogen and oxygen atoms in total. The molecule has 5 atom stereocenters. The molecule has 1 aromatic heterocycles. The molecule has 0 amide bonds. The quantitative estimate of drug-likeness (QED) is 0.216. The smallest absolute Gasteiger partial charge is 0.335 e. The van der Waals surface area contributed by atoms with Crippen LogP contribution >= 0.6 is 0 Å². The first-order valence-corrected chi connectivity index (χ1v) is 19.3. The standard InChI is InChI=1S/C31H45N3O8Si2/c1-19(2)43(20(3)4)40-26(25(36)23-13-10-9-11-14-23)27-28(41-44(42-43,21(5)6)22(7)8)29(38-18-12-16-32)30(39-27)34-17-15-24(35)33-31(34)37/h9-11,13-15,17,19-22,26-30H,12,18H2,1-8H3,(H,33,35,37)/t26?,27-,28-,29-,30-/m1/s1. The normalized spacial score (nSPS) is 26.4. The maximum Gasteiger partial charge on any atom is 0.335 e. The number of nitrogens with zero attached hydrogens (tertiary/aromatic N) is 2. The zero-order valence-electron chi connectivity index (χ0n) is 26.8. The SMILES string of the molecule is CC(C)[Si]1(C(C)C)OC(C(=O)c2ccccc2)[C@H]2O[C@@H](n3ccc(=O)[nH]c3=O)[C@H](OCCC#N)[C@@H]2O[Si](C(C)C)(C(C)C)O1. The van der Waals surface area contributed by atoms with Crippen molar-refractivity contribution < 1.29 is 27.2 Å². The number of hydrogen-bond donors (Lipinski definition) is 1. The lowest BCUT2D eigenvalue weighted by atomic mass is 9.98. The average molecular weight is 644 g/mol. The number of carbonyl (C=O) groups excluding carboxylic acids is 1. The van der Waals surface area contributed by atoms with E-state index in [0.717, 1.165) is 0 Å². The highest BCUT2D eigenvalue weighted by Crippen LogP contribution is 2.50. The van der Waals surface area contributed by atoms with Crippen molar-refractivity contribution >= 4 is 22.9 Å². The Hall–Kier alpha value is -2.71. The summed E-state index contributed by atoms with van der Waals surface area (Å²) in [5.74, 6) is -0.292. The number of fused-ring (bicyclic) bond motifs is 1. The van der Waals surface area contributed by atoms with Crippen LogP contribution in [0.2, 0.25) is 22.2 Å². The predicted molar refractivity (Wildman–Crippen MR) is 169 cm³/mol. The summed E-state index contributed by atoms with van der Waals surface area (Å²) in [5.41, 5.74) is -0.937. The number of carbonyl (C=O) groups is 1. The van der Waals surface area contributed by atoms with Crippen molar-refractivity contribution in [3.8, 4) is 6.07 Å². The monoisotopic (exact) mass is 643 g/mol. The maximum atomic E-state index is 14.4. The summed E-state index contributed by atoms with van der Waals surface area (Å²) in [6, 6.07) is 12.2. The number of aromatic amines is 1. The lowest BCUT2D eigenvalue weighted by molar-refractivity contribution is -0.0853. The van der Waals surface area contributed by atoms with Gasteiger partial charge in [0.15, 0.2) is 12.0 Å². The lowest BCUT2D eigenvalue weighted by Gasteiger charge is -2.53. The number of ether oxygens (including phenoxy) is 2. The van der Waals surface area contributed by atoms with E-state index < -0.39 is 59.0 Å². The third-order valence-corrected chi connectivity index (χ3v) is 18.9. The van der Waals surface area contributed by atoms with E-state index in [1.807, 2.05) is 6.07 Å². The van der Waals surface area contributed by atoms with Gasteiger partial charge in [-0.1, -0.05) is 85.7 Å². The van der Waals surface area contributed by atoms with E-state index in [9.17, 15) is 19.6 Å². The van der Waals surface area contributed by atoms with Gasteiger partial charge >= 0.3 is 22.8 Å². The Morgan fingerprint density at radius 2 is 1.52 bits per heavy atom. The molecule has 0 saturated carbocycles. The van der Waals surface area contributed by atoms with Crippen LogP contribution in [0.4, 0.5) is 0 Å². The fourth-order valence-corrected chi connectivity index (χ4v) is 17.6. The van der Waals surface area contributed by atoms with Crippen LogP contribution in [0.5, 0.6) is 0 Å². The molecular weight excluding hydrogens is 599 g/mol. The molecule has 1 unspecified atom stereocenters. The average Bonchev–Trinajstić information content (AvgIpc) is 3.29. The highest BCUT2D eigenvalue weighted by molar-refractivity contribution is 6.84. The number of rotatable bonds is 10. The summed E-state index contributed by atoms with van der Waals surface area (Å²) in [4.78, 5) is 41.7. The fourth-order valence-electron chi connectivity index (χ4n) is 6.41. The first-order valence-electron chi connectivity index (χ1n) is 15.4. The second-order valence-electron chi connectivity index (χ2n) is 12.8. The number of nitriles is 1. The van der Waals surface area contributed by atoms with Crippen LogP contribution in [0.3, 0.4) is 0 Å². The fraction of sp³-hybridized carbons (Fsp3) is 0.613. The van der Waals surface area contributed by atoms with Crippen molar-refractivity contribution in [3.63, 3.8) is 0 Å². The van der Waals surface area contributed by atoms with Gasteiger partial charge in [-0.15, -0.1) is 0 Å². The van der Waals surface area contributed by atoms with E-state index in [1.54, 1.807) is 24.3 Å². The van der Waals surface area contributed by atoms with Crippen LogP contribution in [0.1, 0.15) is 78.4 Å². The van der Waals surface area contributed by atoms with Gasteiger partial charge in [0, 0.05) is 17.8 Å². The van der Waals surface area contributed by atoms with Gasteiger partial charge in [0.05, 0.1) is 19.1 Å². The molecule has 1 N–H and O–H groups in total. The van der Waals surface area contributed by atoms with Crippen LogP contribution in [0, 0.1) is 11.3 Å². The van der Waals surface area contributed by atoms with E-state index in [-0.39, 0.29) is 41.0 Å². The molecule has 2 aliphatic heterocycles. The molecule has 44 heavy (non-hydrogen) atoms. The molecule has 0 radical (unpaired) electrons. The molecular formula is C31H45N3O8Si2. The van der Waals surface area contributed by atoms with Gasteiger partial charge < -0.3 is 22.4 Å². The van der Waals surface area contributed by atoms with Crippen LogP contribution in [-0.2, 0) is 22.4 Å². The highest BCUT2D eigenvalue weighted by Gasteiger charge is 2.65. The Balaban J connectivity index is 1.98. The van der Waals surface area contributed by atoms with Gasteiger partial charge in [-0.05, 0) is 22.2 Å². The minimum atomic E-state index is -3.24. The molecule has 2 aliphatic rings. The van der Waals surface area contributed by atoms with E-state index in [0.29, 0.717) is 5.56 Å². The molecule has 2 fully saturated rings. The number of nitrogens with one attached hydrogen (secondary N) is 1. The van der Waals surface area contributed by atoms with Crippen LogP contribution in [0.15, 0.2) is 52.2 Å². The zero-order valence-corrected chi connectivity index (χ0v) is 28.8. The number of aromatic nitrogens is 2. The molecule has 0 spiro atoms. The molecule has 2 aromatic rings. The van der Waals surface area contributed by atoms with Gasteiger partial charge in [0.2, 0.25) is 0 Å². The van der Waals surface area contributed by atoms with E-state index >= 15 is 0 Å². The number of benzene rings is 1. The van der Waals surface area contributed by atoms with Gasteiger partial charge in [0.25, 0.3) is 5.56 Å². The second kappa shape index (κ2) is 13.7. The Morgan fingerprint density at radius 1 is 0.932 bits per heavy atom. The molecule has 0 aliphatic carbocycles. The number of ketones is 1. The van der Waals surface area contributed by atoms with Crippen LogP contribution < -0.4 is 11.2 Å². The van der Waals surface area contributed by atoms with Crippen molar-refractivity contribution in [2.75, 3.05) is 6.61 Å². The summed E-state index contributed by atoms with van der Waals surface area (Å²) in [6.07, 6.45) is -3.60. The summed E-state index contributed by atoms with van der Waals surface area (Å²) >= 11 is 0. The summed E-state index contributed by atoms with van der Waals surface area (Å²) in [5, 5.41) is 9.28. The van der Waals surface area contributed by atoms with Crippen molar-refractivity contribution in [1.29, 1.82) is 5.26 Å². The first kappa shape index (κ1) is 34.2. The molecule has 13 heteroatoms. The van der Waals surface area contributed by atoms with Gasteiger partial charge in [0.1, 0.15) is 24.4 Å². The van der Waals surface area contributed by atoms with Crippen molar-refractivity contribution in [2.45, 2.75) is 115 Å². The second-order valence-corrected chi connectivity index (χ2v) is 21.6. The first-order chi connectivity index (χ1) is 20.8. The Labute approximate surface area is 260 Å². The largest absolute Gasteiger partial charge is 0.414 e. The molecule has 240 valence electrons. The van der Waals surface area contributed by atoms with Gasteiger partial charge in [-0.2, -0.15) is 5.26 Å². The molecule has 4 rings (SSSR count). The summed E-state index contributed by atoms with van der Waals surface area (Å²) < 4.78 is 36.0. The van der Waals surface area contributed by atoms with Gasteiger partial charge in [-0.25, -0.2) is 4.79 Å². The van der Waals surface area contributed by atoms with Gasteiger partial charge in [-0.3, -0.25) is 19.1 Å². The van der Waals surface area contributed by atoms with Crippen molar-refractivity contribution in [2.24, 2.45) is 0 Å². The Bertz CT molecular complexity index is 1440. The topological polar surface area (TPSA) is 142 Å². The number of Topliss-reactive ketones (excluding diaryl/α,β-unsaturated/α-hetero) is 1. The Morgan fingerprint density at radius 3 is 2.07 bits per heavy atom.